The van der Waals surface area contributed by atoms with E-state index in [1.807, 2.05) is 36.9 Å². The van der Waals surface area contributed by atoms with E-state index in [9.17, 15) is 14.4 Å². The maximum atomic E-state index is 13.8. The molecule has 2 fully saturated rings. The number of hydrogen-bond donors (Lipinski definition) is 1. The summed E-state index contributed by atoms with van der Waals surface area (Å²) in [5.74, 6) is -0.0661. The van der Waals surface area contributed by atoms with Crippen LogP contribution in [0.25, 0.3) is 10.8 Å². The van der Waals surface area contributed by atoms with Gasteiger partial charge < -0.3 is 20.0 Å². The summed E-state index contributed by atoms with van der Waals surface area (Å²) in [5, 5.41) is 5.26. The van der Waals surface area contributed by atoms with Gasteiger partial charge in [0.25, 0.3) is 0 Å². The van der Waals surface area contributed by atoms with Crippen molar-refractivity contribution in [3.8, 4) is 0 Å². The molecule has 7 nitrogen and oxygen atoms in total. The standard InChI is InChI=1S/C27H36N4O3/c1-4-6-15-28-27(34)30-16-14-24(32)31-23(30)18-29(26(33)25(31)19(3)5-2)17-21-12-9-11-20-10-7-8-13-22(20)21/h7-13,19,23,25H,4-6,14-18H2,1-3H3,(H,28,34)/t19-,23+,25-/m0/s1. The molecule has 182 valence electrons. The molecule has 2 heterocycles. The Morgan fingerprint density at radius 3 is 2.65 bits per heavy atom. The van der Waals surface area contributed by atoms with E-state index in [-0.39, 0.29) is 30.2 Å². The number of urea groups is 1. The Bertz CT molecular complexity index is 1050. The van der Waals surface area contributed by atoms with E-state index in [1.54, 1.807) is 9.80 Å². The normalized spacial score (nSPS) is 21.6. The summed E-state index contributed by atoms with van der Waals surface area (Å²) in [6.45, 7) is 7.91. The first-order valence-electron chi connectivity index (χ1n) is 12.6. The summed E-state index contributed by atoms with van der Waals surface area (Å²) in [6, 6.07) is 13.6. The van der Waals surface area contributed by atoms with Crippen LogP contribution in [0, 0.1) is 5.92 Å². The van der Waals surface area contributed by atoms with Gasteiger partial charge >= 0.3 is 6.03 Å². The quantitative estimate of drug-likeness (QED) is 0.631. The molecule has 2 aromatic rings. The number of piperazine rings is 1. The molecule has 0 bridgehead atoms. The zero-order chi connectivity index (χ0) is 24.2. The first-order valence-corrected chi connectivity index (χ1v) is 12.6. The number of amides is 4. The fraction of sp³-hybridized carbons (Fsp3) is 0.519. The molecule has 0 unspecified atom stereocenters. The summed E-state index contributed by atoms with van der Waals surface area (Å²) in [4.78, 5) is 45.2. The summed E-state index contributed by atoms with van der Waals surface area (Å²) >= 11 is 0. The second-order valence-corrected chi connectivity index (χ2v) is 9.50. The summed E-state index contributed by atoms with van der Waals surface area (Å²) in [6.07, 6.45) is 2.49. The zero-order valence-electron chi connectivity index (χ0n) is 20.5. The average Bonchev–Trinajstić information content (AvgIpc) is 2.85. The van der Waals surface area contributed by atoms with Crippen molar-refractivity contribution in [2.75, 3.05) is 19.6 Å². The maximum Gasteiger partial charge on any atom is 0.319 e. The van der Waals surface area contributed by atoms with Gasteiger partial charge in [0.15, 0.2) is 0 Å². The minimum absolute atomic E-state index is 0.00244. The summed E-state index contributed by atoms with van der Waals surface area (Å²) < 4.78 is 0. The highest BCUT2D eigenvalue weighted by Crippen LogP contribution is 2.32. The lowest BCUT2D eigenvalue weighted by Crippen LogP contribution is -2.72. The molecule has 0 spiro atoms. The largest absolute Gasteiger partial charge is 0.338 e. The SMILES string of the molecule is CCCCNC(=O)N1CCC(=O)N2[C@@H]([C@@H](C)CC)C(=O)N(Cc3cccc4ccccc34)C[C@H]12. The van der Waals surface area contributed by atoms with Gasteiger partial charge in [-0.05, 0) is 28.7 Å². The minimum Gasteiger partial charge on any atom is -0.338 e. The van der Waals surface area contributed by atoms with Crippen LogP contribution in [0.1, 0.15) is 52.0 Å². The van der Waals surface area contributed by atoms with Gasteiger partial charge in [-0.15, -0.1) is 0 Å². The number of unbranched alkanes of at least 4 members (excludes halogenated alkanes) is 1. The van der Waals surface area contributed by atoms with Gasteiger partial charge in [0.2, 0.25) is 11.8 Å². The number of nitrogens with zero attached hydrogens (tertiary/aromatic N) is 3. The number of nitrogens with one attached hydrogen (secondary N) is 1. The van der Waals surface area contributed by atoms with Crippen molar-refractivity contribution in [1.82, 2.24) is 20.0 Å². The molecule has 0 aromatic heterocycles. The van der Waals surface area contributed by atoms with E-state index < -0.39 is 12.2 Å². The Labute approximate surface area is 202 Å². The molecule has 3 atom stereocenters. The van der Waals surface area contributed by atoms with Crippen LogP contribution in [0.2, 0.25) is 0 Å². The molecule has 4 rings (SSSR count). The zero-order valence-corrected chi connectivity index (χ0v) is 20.5. The second kappa shape index (κ2) is 10.5. The molecule has 1 N–H and O–H groups in total. The molecule has 7 heteroatoms. The molecule has 0 aliphatic carbocycles. The number of carbonyl (C=O) groups is 3. The first-order chi connectivity index (χ1) is 16.5. The lowest BCUT2D eigenvalue weighted by atomic mass is 9.91. The van der Waals surface area contributed by atoms with E-state index >= 15 is 0 Å². The predicted molar refractivity (Wildman–Crippen MR) is 133 cm³/mol. The second-order valence-electron chi connectivity index (χ2n) is 9.50. The van der Waals surface area contributed by atoms with Crippen LogP contribution in [0.4, 0.5) is 4.79 Å². The monoisotopic (exact) mass is 464 g/mol. The van der Waals surface area contributed by atoms with Crippen LogP contribution in [-0.2, 0) is 16.1 Å². The maximum absolute atomic E-state index is 13.8. The van der Waals surface area contributed by atoms with Crippen LogP contribution in [-0.4, -0.2) is 64.4 Å². The molecule has 4 amide bonds. The molecule has 2 saturated heterocycles. The Balaban J connectivity index is 1.66. The van der Waals surface area contributed by atoms with Crippen molar-refractivity contribution in [2.45, 2.75) is 65.2 Å². The number of carbonyl (C=O) groups excluding carboxylic acids is 3. The lowest BCUT2D eigenvalue weighted by Gasteiger charge is -2.53. The number of rotatable bonds is 7. The van der Waals surface area contributed by atoms with Crippen LogP contribution in [0.3, 0.4) is 0 Å². The van der Waals surface area contributed by atoms with Crippen molar-refractivity contribution < 1.29 is 14.4 Å². The molecule has 34 heavy (non-hydrogen) atoms. The molecule has 0 saturated carbocycles. The van der Waals surface area contributed by atoms with E-state index in [0.717, 1.165) is 35.6 Å². The lowest BCUT2D eigenvalue weighted by molar-refractivity contribution is -0.170. The van der Waals surface area contributed by atoms with E-state index in [1.165, 1.54) is 0 Å². The fourth-order valence-electron chi connectivity index (χ4n) is 5.16. The molecular weight excluding hydrogens is 428 g/mol. The smallest absolute Gasteiger partial charge is 0.319 e. The fourth-order valence-corrected chi connectivity index (χ4v) is 5.16. The molecule has 2 aromatic carbocycles. The Kier molecular flexibility index (Phi) is 7.39. The van der Waals surface area contributed by atoms with Crippen molar-refractivity contribution in [2.24, 2.45) is 5.92 Å². The highest BCUT2D eigenvalue weighted by Gasteiger charge is 2.50. The van der Waals surface area contributed by atoms with Crippen LogP contribution in [0.15, 0.2) is 42.5 Å². The highest BCUT2D eigenvalue weighted by molar-refractivity contribution is 5.92. The number of benzene rings is 2. The van der Waals surface area contributed by atoms with E-state index in [0.29, 0.717) is 26.2 Å². The van der Waals surface area contributed by atoms with Crippen LogP contribution >= 0.6 is 0 Å². The molecule has 0 radical (unpaired) electrons. The van der Waals surface area contributed by atoms with Crippen molar-refractivity contribution in [1.29, 1.82) is 0 Å². The van der Waals surface area contributed by atoms with Gasteiger partial charge in [0, 0.05) is 26.1 Å². The molecule has 2 aliphatic heterocycles. The third kappa shape index (κ3) is 4.61. The van der Waals surface area contributed by atoms with Gasteiger partial charge in [-0.25, -0.2) is 4.79 Å². The molecular formula is C27H36N4O3. The first kappa shape index (κ1) is 24.0. The van der Waals surface area contributed by atoms with Crippen molar-refractivity contribution >= 4 is 28.6 Å². The average molecular weight is 465 g/mol. The van der Waals surface area contributed by atoms with E-state index in [2.05, 4.69) is 36.5 Å². The van der Waals surface area contributed by atoms with Crippen molar-refractivity contribution in [3.05, 3.63) is 48.0 Å². The number of fused-ring (bicyclic) bond motifs is 2. The van der Waals surface area contributed by atoms with Gasteiger partial charge in [-0.3, -0.25) is 9.59 Å². The van der Waals surface area contributed by atoms with Crippen molar-refractivity contribution in [3.63, 3.8) is 0 Å². The van der Waals surface area contributed by atoms with Crippen LogP contribution < -0.4 is 5.32 Å². The summed E-state index contributed by atoms with van der Waals surface area (Å²) in [5.41, 5.74) is 1.07. The minimum atomic E-state index is -0.558. The van der Waals surface area contributed by atoms with Gasteiger partial charge in [-0.1, -0.05) is 76.1 Å². The Morgan fingerprint density at radius 1 is 1.12 bits per heavy atom. The van der Waals surface area contributed by atoms with E-state index in [4.69, 9.17) is 0 Å². The van der Waals surface area contributed by atoms with Gasteiger partial charge in [0.1, 0.15) is 12.2 Å². The topological polar surface area (TPSA) is 73.0 Å². The van der Waals surface area contributed by atoms with Crippen LogP contribution in [0.5, 0.6) is 0 Å². The Morgan fingerprint density at radius 2 is 1.88 bits per heavy atom. The van der Waals surface area contributed by atoms with Gasteiger partial charge in [-0.2, -0.15) is 0 Å². The number of hydrogen-bond acceptors (Lipinski definition) is 3. The highest BCUT2D eigenvalue weighted by atomic mass is 16.2. The Hall–Kier alpha value is -3.09. The molecule has 2 aliphatic rings. The summed E-state index contributed by atoms with van der Waals surface area (Å²) in [7, 11) is 0. The van der Waals surface area contributed by atoms with Gasteiger partial charge in [0.05, 0.1) is 6.54 Å². The third-order valence-corrected chi connectivity index (χ3v) is 7.27. The third-order valence-electron chi connectivity index (χ3n) is 7.27. The predicted octanol–water partition coefficient (Wildman–Crippen LogP) is 3.97.